The van der Waals surface area contributed by atoms with Crippen molar-refractivity contribution in [1.29, 1.82) is 0 Å². The lowest BCUT2D eigenvalue weighted by atomic mass is 10.2. The summed E-state index contributed by atoms with van der Waals surface area (Å²) < 4.78 is 1.26. The van der Waals surface area contributed by atoms with Gasteiger partial charge in [0.15, 0.2) is 0 Å². The van der Waals surface area contributed by atoms with Crippen LogP contribution in [-0.2, 0) is 0 Å². The summed E-state index contributed by atoms with van der Waals surface area (Å²) in [6, 6.07) is 8.11. The molecule has 0 radical (unpaired) electrons. The Bertz CT molecular complexity index is 611. The van der Waals surface area contributed by atoms with Gasteiger partial charge in [-0.25, -0.2) is 0 Å². The molecule has 0 bridgehead atoms. The van der Waals surface area contributed by atoms with E-state index in [2.05, 4.69) is 12.1 Å². The molecule has 0 saturated heterocycles. The van der Waals surface area contributed by atoms with Crippen LogP contribution in [0.25, 0.3) is 16.2 Å². The van der Waals surface area contributed by atoms with Crippen molar-refractivity contribution in [3.63, 3.8) is 0 Å². The molecule has 0 amide bonds. The van der Waals surface area contributed by atoms with Crippen LogP contribution in [0.3, 0.4) is 0 Å². The summed E-state index contributed by atoms with van der Waals surface area (Å²) in [5, 5.41) is 1.21. The summed E-state index contributed by atoms with van der Waals surface area (Å²) in [4.78, 5) is 13.0. The van der Waals surface area contributed by atoms with Gasteiger partial charge in [0.1, 0.15) is 0 Å². The van der Waals surface area contributed by atoms with Crippen LogP contribution in [0.4, 0.5) is 0 Å². The van der Waals surface area contributed by atoms with Crippen LogP contribution >= 0.6 is 23.1 Å². The third kappa shape index (κ3) is 1.43. The fourth-order valence-corrected chi connectivity index (χ4v) is 3.78. The summed E-state index contributed by atoms with van der Waals surface area (Å²) >= 11 is 3.09. The highest BCUT2D eigenvalue weighted by molar-refractivity contribution is 7.99. The molecule has 1 aromatic carbocycles. The molecule has 0 N–H and O–H groups in total. The van der Waals surface area contributed by atoms with E-state index in [4.69, 9.17) is 0 Å². The van der Waals surface area contributed by atoms with Gasteiger partial charge in [0, 0.05) is 26.3 Å². The number of thioether (sulfide) groups is 1. The van der Waals surface area contributed by atoms with Crippen LogP contribution in [-0.4, -0.2) is 5.75 Å². The van der Waals surface area contributed by atoms with E-state index in [1.807, 2.05) is 24.3 Å². The van der Waals surface area contributed by atoms with Gasteiger partial charge in [-0.2, -0.15) is 0 Å². The van der Waals surface area contributed by atoms with Crippen molar-refractivity contribution in [2.24, 2.45) is 0 Å². The molecule has 0 aliphatic carbocycles. The molecule has 3 rings (SSSR count). The second kappa shape index (κ2) is 3.51. The van der Waals surface area contributed by atoms with E-state index in [0.717, 1.165) is 20.9 Å². The quantitative estimate of drug-likeness (QED) is 0.692. The largest absolute Gasteiger partial charge is 0.277 e. The topological polar surface area (TPSA) is 17.1 Å². The minimum Gasteiger partial charge on any atom is -0.277 e. The number of benzene rings is 1. The smallest absolute Gasteiger partial charge is 0.241 e. The van der Waals surface area contributed by atoms with Crippen LogP contribution in [0.2, 0.25) is 0 Å². The third-order valence-corrected chi connectivity index (χ3v) is 4.48. The zero-order valence-electron chi connectivity index (χ0n) is 7.90. The van der Waals surface area contributed by atoms with Crippen LogP contribution in [0, 0.1) is 0 Å². The Balaban J connectivity index is 2.51. The average molecular weight is 232 g/mol. The number of rotatable bonds is 0. The van der Waals surface area contributed by atoms with Crippen molar-refractivity contribution in [3.8, 4) is 0 Å². The molecule has 15 heavy (non-hydrogen) atoms. The first-order valence-electron chi connectivity index (χ1n) is 4.71. The van der Waals surface area contributed by atoms with Crippen molar-refractivity contribution in [1.82, 2.24) is 0 Å². The maximum atomic E-state index is 11.8. The van der Waals surface area contributed by atoms with E-state index in [1.165, 1.54) is 16.7 Å². The van der Waals surface area contributed by atoms with Crippen molar-refractivity contribution in [2.45, 2.75) is 4.90 Å². The second-order valence-corrected chi connectivity index (χ2v) is 5.39. The minimum atomic E-state index is 0.173. The predicted octanol–water partition coefficient (Wildman–Crippen LogP) is 3.38. The zero-order valence-corrected chi connectivity index (χ0v) is 9.53. The summed E-state index contributed by atoms with van der Waals surface area (Å²) in [7, 11) is 0. The predicted molar refractivity (Wildman–Crippen MR) is 67.9 cm³/mol. The van der Waals surface area contributed by atoms with E-state index < -0.39 is 0 Å². The van der Waals surface area contributed by atoms with Crippen molar-refractivity contribution in [3.05, 3.63) is 45.4 Å². The highest BCUT2D eigenvalue weighted by atomic mass is 32.2. The van der Waals surface area contributed by atoms with Gasteiger partial charge >= 0.3 is 0 Å². The van der Waals surface area contributed by atoms with Crippen molar-refractivity contribution < 1.29 is 0 Å². The summed E-state index contributed by atoms with van der Waals surface area (Å²) in [6.45, 7) is 0. The Morgan fingerprint density at radius 3 is 3.00 bits per heavy atom. The number of hydrogen-bond donors (Lipinski definition) is 0. The third-order valence-electron chi connectivity index (χ3n) is 2.41. The van der Waals surface area contributed by atoms with Crippen LogP contribution in [0.5, 0.6) is 0 Å². The first-order valence-corrected chi connectivity index (χ1v) is 6.51. The number of hydrogen-bond acceptors (Lipinski definition) is 3. The molecule has 1 aromatic heterocycles. The Morgan fingerprint density at radius 2 is 2.07 bits per heavy atom. The van der Waals surface area contributed by atoms with Crippen molar-refractivity contribution >= 4 is 39.3 Å². The first-order chi connectivity index (χ1) is 7.36. The molecule has 1 nitrogen and oxygen atoms in total. The first kappa shape index (κ1) is 9.19. The van der Waals surface area contributed by atoms with Gasteiger partial charge in [0.05, 0.1) is 0 Å². The van der Waals surface area contributed by atoms with Gasteiger partial charge in [-0.1, -0.05) is 41.7 Å². The highest BCUT2D eigenvalue weighted by Gasteiger charge is 2.13. The highest BCUT2D eigenvalue weighted by Crippen LogP contribution is 2.34. The monoisotopic (exact) mass is 232 g/mol. The lowest BCUT2D eigenvalue weighted by Gasteiger charge is -2.11. The SMILES string of the molecule is O=c1sc2ccccc2c2c1C=CCS2. The summed E-state index contributed by atoms with van der Waals surface area (Å²) in [6.07, 6.45) is 4.01. The van der Waals surface area contributed by atoms with Gasteiger partial charge in [-0.3, -0.25) is 4.79 Å². The standard InChI is InChI=1S/C12H8OS2/c13-12-9-5-3-7-14-11(9)8-4-1-2-6-10(8)15-12/h1-6H,7H2. The molecule has 0 saturated carbocycles. The number of fused-ring (bicyclic) bond motifs is 3. The van der Waals surface area contributed by atoms with Crippen LogP contribution in [0.1, 0.15) is 5.56 Å². The Labute approximate surface area is 95.4 Å². The fourth-order valence-electron chi connectivity index (χ4n) is 1.73. The minimum absolute atomic E-state index is 0.173. The van der Waals surface area contributed by atoms with E-state index in [1.54, 1.807) is 11.8 Å². The average Bonchev–Trinajstić information content (AvgIpc) is 2.30. The molecule has 0 unspecified atom stereocenters. The molecule has 3 heteroatoms. The molecule has 0 spiro atoms. The second-order valence-electron chi connectivity index (χ2n) is 3.34. The van der Waals surface area contributed by atoms with Gasteiger partial charge in [0.25, 0.3) is 0 Å². The summed E-state index contributed by atoms with van der Waals surface area (Å²) in [5.41, 5.74) is 0.870. The maximum absolute atomic E-state index is 11.8. The van der Waals surface area contributed by atoms with Crippen LogP contribution in [0.15, 0.2) is 40.0 Å². The van der Waals surface area contributed by atoms with Crippen molar-refractivity contribution in [2.75, 3.05) is 5.75 Å². The normalized spacial score (nSPS) is 14.1. The van der Waals surface area contributed by atoms with Gasteiger partial charge < -0.3 is 0 Å². The van der Waals surface area contributed by atoms with Gasteiger partial charge in [-0.15, -0.1) is 11.8 Å². The van der Waals surface area contributed by atoms with E-state index >= 15 is 0 Å². The molecular weight excluding hydrogens is 224 g/mol. The van der Waals surface area contributed by atoms with Crippen LogP contribution < -0.4 is 4.74 Å². The summed E-state index contributed by atoms with van der Waals surface area (Å²) in [5.74, 6) is 0.963. The van der Waals surface area contributed by atoms with E-state index in [9.17, 15) is 4.79 Å². The Morgan fingerprint density at radius 1 is 1.20 bits per heavy atom. The molecule has 0 fully saturated rings. The molecule has 1 aliphatic rings. The maximum Gasteiger partial charge on any atom is 0.241 e. The zero-order chi connectivity index (χ0) is 10.3. The van der Waals surface area contributed by atoms with E-state index in [0.29, 0.717) is 0 Å². The molecule has 2 heterocycles. The van der Waals surface area contributed by atoms with Gasteiger partial charge in [0.2, 0.25) is 4.74 Å². The molecule has 1 aliphatic heterocycles. The molecular formula is C12H8OS2. The molecule has 74 valence electrons. The Kier molecular flexibility index (Phi) is 2.15. The lowest BCUT2D eigenvalue weighted by molar-refractivity contribution is 1.46. The molecule has 2 aromatic rings. The van der Waals surface area contributed by atoms with E-state index in [-0.39, 0.29) is 4.74 Å². The van der Waals surface area contributed by atoms with Gasteiger partial charge in [-0.05, 0) is 6.07 Å². The fraction of sp³-hybridized carbons (Fsp3) is 0.0833. The lowest BCUT2D eigenvalue weighted by Crippen LogP contribution is -2.04. The Hall–Kier alpha value is -1.06. The molecule has 0 atom stereocenters.